The molecule has 25 heavy (non-hydrogen) atoms. The molecule has 0 bridgehead atoms. The van der Waals surface area contributed by atoms with Crippen molar-refractivity contribution in [2.75, 3.05) is 0 Å². The molecule has 0 N–H and O–H groups in total. The van der Waals surface area contributed by atoms with Crippen LogP contribution in [0.25, 0.3) is 27.4 Å². The van der Waals surface area contributed by atoms with Gasteiger partial charge in [-0.1, -0.05) is 0 Å². The maximum atomic E-state index is 12.6. The summed E-state index contributed by atoms with van der Waals surface area (Å²) in [5.74, 6) is 0. The number of nitrogens with zero attached hydrogens (tertiary/aromatic N) is 5. The van der Waals surface area contributed by atoms with E-state index in [1.807, 2.05) is 5.38 Å². The second-order valence-electron chi connectivity index (χ2n) is 5.53. The van der Waals surface area contributed by atoms with Gasteiger partial charge in [0.1, 0.15) is 0 Å². The van der Waals surface area contributed by atoms with E-state index in [0.717, 1.165) is 4.57 Å². The summed E-state index contributed by atoms with van der Waals surface area (Å²) < 4.78 is 4.05. The van der Waals surface area contributed by atoms with Crippen LogP contribution in [-0.4, -0.2) is 23.4 Å². The summed E-state index contributed by atoms with van der Waals surface area (Å²) in [6.07, 6.45) is 0. The van der Waals surface area contributed by atoms with Crippen LogP contribution < -0.4 is 11.2 Å². The van der Waals surface area contributed by atoms with Gasteiger partial charge in [-0.05, 0) is 17.7 Å². The lowest BCUT2D eigenvalue weighted by Crippen LogP contribution is -2.37. The first-order valence-corrected chi connectivity index (χ1v) is 8.08. The van der Waals surface area contributed by atoms with Gasteiger partial charge in [-0.3, -0.25) is 28.4 Å². The van der Waals surface area contributed by atoms with Crippen molar-refractivity contribution < 1.29 is 4.92 Å². The average molecular weight is 357 g/mol. The molecule has 0 atom stereocenters. The maximum Gasteiger partial charge on any atom is 0.332 e. The van der Waals surface area contributed by atoms with Gasteiger partial charge < -0.3 is 0 Å². The van der Waals surface area contributed by atoms with Crippen molar-refractivity contribution in [1.29, 1.82) is 0 Å². The molecule has 4 aromatic rings. The van der Waals surface area contributed by atoms with E-state index in [4.69, 9.17) is 0 Å². The summed E-state index contributed by atoms with van der Waals surface area (Å²) in [7, 11) is 2.98. The molecule has 0 saturated carbocycles. The third kappa shape index (κ3) is 2.04. The molecule has 1 aromatic carbocycles. The number of rotatable bonds is 2. The molecule has 3 heterocycles. The monoisotopic (exact) mass is 357 g/mol. The van der Waals surface area contributed by atoms with Crippen LogP contribution in [0.4, 0.5) is 5.69 Å². The lowest BCUT2D eigenvalue weighted by molar-refractivity contribution is -0.384. The molecule has 0 radical (unpaired) electrons. The smallest absolute Gasteiger partial charge is 0.279 e. The van der Waals surface area contributed by atoms with Crippen molar-refractivity contribution in [3.8, 4) is 11.3 Å². The summed E-state index contributed by atoms with van der Waals surface area (Å²) in [4.78, 5) is 40.0. The third-order valence-corrected chi connectivity index (χ3v) is 4.94. The predicted molar refractivity (Wildman–Crippen MR) is 93.1 cm³/mol. The van der Waals surface area contributed by atoms with Gasteiger partial charge in [0.15, 0.2) is 16.1 Å². The van der Waals surface area contributed by atoms with Gasteiger partial charge in [0.05, 0.1) is 10.6 Å². The summed E-state index contributed by atoms with van der Waals surface area (Å²) >= 11 is 1.33. The number of hydrogen-bond donors (Lipinski definition) is 0. The molecule has 9 nitrogen and oxygen atoms in total. The molecule has 0 aliphatic heterocycles. The highest BCUT2D eigenvalue weighted by Crippen LogP contribution is 2.29. The molecule has 126 valence electrons. The minimum Gasteiger partial charge on any atom is -0.279 e. The van der Waals surface area contributed by atoms with Crippen LogP contribution in [0.3, 0.4) is 0 Å². The number of fused-ring (bicyclic) bond motifs is 3. The van der Waals surface area contributed by atoms with Crippen LogP contribution in [-0.2, 0) is 14.1 Å². The fraction of sp³-hybridized carbons (Fsp3) is 0.133. The van der Waals surface area contributed by atoms with Gasteiger partial charge in [-0.2, -0.15) is 0 Å². The number of nitro groups is 1. The Morgan fingerprint density at radius 2 is 1.80 bits per heavy atom. The van der Waals surface area contributed by atoms with Crippen LogP contribution in [0.5, 0.6) is 0 Å². The number of non-ortho nitro benzene ring substituents is 1. The molecule has 0 aliphatic rings. The van der Waals surface area contributed by atoms with E-state index in [0.29, 0.717) is 27.4 Å². The van der Waals surface area contributed by atoms with Crippen LogP contribution in [0, 0.1) is 10.1 Å². The molecular weight excluding hydrogens is 346 g/mol. The maximum absolute atomic E-state index is 12.6. The normalized spacial score (nSPS) is 11.4. The Bertz CT molecular complexity index is 1280. The zero-order valence-corrected chi connectivity index (χ0v) is 14.0. The fourth-order valence-corrected chi connectivity index (χ4v) is 3.68. The largest absolute Gasteiger partial charge is 0.332 e. The highest BCUT2D eigenvalue weighted by atomic mass is 32.1. The number of imidazole rings is 1. The minimum absolute atomic E-state index is 0.0102. The summed E-state index contributed by atoms with van der Waals surface area (Å²) in [5, 5.41) is 12.6. The highest BCUT2D eigenvalue weighted by Gasteiger charge is 2.19. The van der Waals surface area contributed by atoms with Gasteiger partial charge in [0.2, 0.25) is 0 Å². The van der Waals surface area contributed by atoms with Gasteiger partial charge in [0, 0.05) is 31.6 Å². The molecular formula is C15H11N5O4S. The first-order valence-electron chi connectivity index (χ1n) is 7.20. The summed E-state index contributed by atoms with van der Waals surface area (Å²) in [6.45, 7) is 0. The third-order valence-electron chi connectivity index (χ3n) is 4.12. The van der Waals surface area contributed by atoms with Gasteiger partial charge in [-0.15, -0.1) is 11.3 Å². The second-order valence-corrected chi connectivity index (χ2v) is 6.37. The van der Waals surface area contributed by atoms with E-state index in [9.17, 15) is 19.7 Å². The Kier molecular flexibility index (Phi) is 3.12. The molecule has 4 rings (SSSR count). The number of hydrogen-bond acceptors (Lipinski definition) is 6. The van der Waals surface area contributed by atoms with E-state index >= 15 is 0 Å². The number of nitro benzene ring substituents is 1. The molecule has 0 aliphatic carbocycles. The molecule has 3 aromatic heterocycles. The van der Waals surface area contributed by atoms with Crippen molar-refractivity contribution in [2.24, 2.45) is 14.1 Å². The lowest BCUT2D eigenvalue weighted by Gasteiger charge is -2.04. The summed E-state index contributed by atoms with van der Waals surface area (Å²) in [6, 6.07) is 6.06. The zero-order valence-electron chi connectivity index (χ0n) is 13.2. The van der Waals surface area contributed by atoms with Crippen molar-refractivity contribution in [3.05, 3.63) is 60.6 Å². The summed E-state index contributed by atoms with van der Waals surface area (Å²) in [5.41, 5.74) is 1.12. The van der Waals surface area contributed by atoms with Crippen molar-refractivity contribution in [2.45, 2.75) is 0 Å². The Labute approximate surface area is 143 Å². The van der Waals surface area contributed by atoms with Crippen LogP contribution in [0.15, 0.2) is 39.2 Å². The Balaban J connectivity index is 2.08. The van der Waals surface area contributed by atoms with Crippen LogP contribution in [0.1, 0.15) is 0 Å². The Morgan fingerprint density at radius 3 is 2.44 bits per heavy atom. The Morgan fingerprint density at radius 1 is 1.12 bits per heavy atom. The zero-order chi connectivity index (χ0) is 17.9. The molecule has 0 spiro atoms. The number of aryl methyl sites for hydroxylation is 1. The second kappa shape index (κ2) is 5.11. The molecule has 10 heteroatoms. The van der Waals surface area contributed by atoms with E-state index in [1.165, 1.54) is 35.1 Å². The quantitative estimate of drug-likeness (QED) is 0.400. The first-order chi connectivity index (χ1) is 11.9. The number of aromatic nitrogens is 4. The van der Waals surface area contributed by atoms with Crippen LogP contribution in [0.2, 0.25) is 0 Å². The van der Waals surface area contributed by atoms with Crippen molar-refractivity contribution >= 4 is 33.1 Å². The van der Waals surface area contributed by atoms with Crippen molar-refractivity contribution in [1.82, 2.24) is 18.5 Å². The molecule has 0 amide bonds. The average Bonchev–Trinajstić information content (AvgIpc) is 3.17. The van der Waals surface area contributed by atoms with E-state index in [-0.39, 0.29) is 5.69 Å². The SMILES string of the molecule is Cn1c(=O)c2c(nc3scc(-c4ccc([N+](=O)[O-])cc4)n32)n(C)c1=O. The number of thiazole rings is 1. The molecule has 0 unspecified atom stereocenters. The van der Waals surface area contributed by atoms with Crippen LogP contribution >= 0.6 is 11.3 Å². The van der Waals surface area contributed by atoms with E-state index in [1.54, 1.807) is 23.6 Å². The lowest BCUT2D eigenvalue weighted by atomic mass is 10.1. The standard InChI is InChI=1S/C15H11N5O4S/c1-17-12-11(13(21)18(2)15(17)22)19-10(7-25-14(19)16-12)8-3-5-9(6-4-8)20(23)24/h3-7H,1-2H3. The fourth-order valence-electron chi connectivity index (χ4n) is 2.79. The topological polar surface area (TPSA) is 104 Å². The predicted octanol–water partition coefficient (Wildman–Crippen LogP) is 1.52. The van der Waals surface area contributed by atoms with Crippen molar-refractivity contribution in [3.63, 3.8) is 0 Å². The van der Waals surface area contributed by atoms with E-state index < -0.39 is 16.2 Å². The molecule has 0 saturated heterocycles. The Hall–Kier alpha value is -3.27. The van der Waals surface area contributed by atoms with E-state index in [2.05, 4.69) is 4.98 Å². The minimum atomic E-state index is -0.467. The van der Waals surface area contributed by atoms with Gasteiger partial charge >= 0.3 is 5.69 Å². The first kappa shape index (κ1) is 15.3. The number of benzene rings is 1. The molecule has 0 fully saturated rings. The highest BCUT2D eigenvalue weighted by molar-refractivity contribution is 7.15. The van der Waals surface area contributed by atoms with Gasteiger partial charge in [0.25, 0.3) is 11.2 Å². The van der Waals surface area contributed by atoms with Gasteiger partial charge in [-0.25, -0.2) is 9.78 Å².